The average molecular weight is 225 g/mol. The van der Waals surface area contributed by atoms with Gasteiger partial charge in [-0.2, -0.15) is 4.98 Å². The molecule has 1 aromatic heterocycles. The van der Waals surface area contributed by atoms with Crippen LogP contribution in [0.4, 0.5) is 11.9 Å². The highest BCUT2D eigenvalue weighted by Gasteiger charge is 2.34. The lowest BCUT2D eigenvalue weighted by Crippen LogP contribution is -2.45. The number of hydrogen-bond donors (Lipinski definition) is 4. The van der Waals surface area contributed by atoms with E-state index < -0.39 is 0 Å². The normalized spacial score (nSPS) is 30.2. The van der Waals surface area contributed by atoms with Crippen molar-refractivity contribution in [3.63, 3.8) is 0 Å². The molecule has 1 aromatic rings. The molecule has 0 amide bonds. The monoisotopic (exact) mass is 225 g/mol. The number of aliphatic hydroxyl groups is 1. The van der Waals surface area contributed by atoms with Crippen LogP contribution in [-0.2, 0) is 0 Å². The molecule has 1 aliphatic carbocycles. The fraction of sp³-hybridized carbons (Fsp3) is 0.800. The Morgan fingerprint density at radius 1 is 1.56 bits per heavy atom. The van der Waals surface area contributed by atoms with E-state index in [0.29, 0.717) is 11.9 Å². The highest BCUT2D eigenvalue weighted by atomic mass is 16.3. The molecule has 0 atom stereocenters. The van der Waals surface area contributed by atoms with Gasteiger partial charge < -0.3 is 16.2 Å². The van der Waals surface area contributed by atoms with Gasteiger partial charge in [0.1, 0.15) is 0 Å². The Bertz CT molecular complexity index is 343. The van der Waals surface area contributed by atoms with Crippen LogP contribution in [-0.4, -0.2) is 32.4 Å². The predicted octanol–water partition coefficient (Wildman–Crippen LogP) is 0.740. The standard InChI is InChI=1S/C10H19N5O/c1-7-2-4-10(6-16,5-3-7)13-9-12-8(11)14-15-9/h7,16H,2-6H2,1H3,(H4,11,12,13,14,15). The smallest absolute Gasteiger partial charge is 0.244 e. The van der Waals surface area contributed by atoms with Crippen LogP contribution in [0.15, 0.2) is 0 Å². The lowest BCUT2D eigenvalue weighted by atomic mass is 9.77. The van der Waals surface area contributed by atoms with E-state index in [4.69, 9.17) is 5.73 Å². The summed E-state index contributed by atoms with van der Waals surface area (Å²) in [7, 11) is 0. The summed E-state index contributed by atoms with van der Waals surface area (Å²) in [6, 6.07) is 0. The fourth-order valence-electron chi connectivity index (χ4n) is 2.20. The van der Waals surface area contributed by atoms with E-state index >= 15 is 0 Å². The minimum Gasteiger partial charge on any atom is -0.394 e. The van der Waals surface area contributed by atoms with E-state index in [1.54, 1.807) is 0 Å². The van der Waals surface area contributed by atoms with Crippen molar-refractivity contribution in [1.82, 2.24) is 15.2 Å². The molecule has 90 valence electrons. The molecule has 1 aliphatic rings. The van der Waals surface area contributed by atoms with E-state index in [0.717, 1.165) is 31.6 Å². The maximum absolute atomic E-state index is 9.54. The number of hydrogen-bond acceptors (Lipinski definition) is 5. The van der Waals surface area contributed by atoms with E-state index in [9.17, 15) is 5.11 Å². The van der Waals surface area contributed by atoms with Gasteiger partial charge >= 0.3 is 0 Å². The number of aromatic amines is 1. The number of anilines is 2. The van der Waals surface area contributed by atoms with Crippen LogP contribution in [0.5, 0.6) is 0 Å². The van der Waals surface area contributed by atoms with Gasteiger partial charge in [0.15, 0.2) is 0 Å². The van der Waals surface area contributed by atoms with Crippen LogP contribution in [0.2, 0.25) is 0 Å². The molecule has 1 heterocycles. The van der Waals surface area contributed by atoms with Crippen molar-refractivity contribution in [3.05, 3.63) is 0 Å². The third-order valence-electron chi connectivity index (χ3n) is 3.41. The summed E-state index contributed by atoms with van der Waals surface area (Å²) in [5.41, 5.74) is 5.18. The highest BCUT2D eigenvalue weighted by Crippen LogP contribution is 2.33. The van der Waals surface area contributed by atoms with Gasteiger partial charge in [0.2, 0.25) is 11.9 Å². The van der Waals surface area contributed by atoms with Crippen molar-refractivity contribution >= 4 is 11.9 Å². The number of nitrogens with two attached hydrogens (primary N) is 1. The Morgan fingerprint density at radius 2 is 2.25 bits per heavy atom. The molecule has 0 unspecified atom stereocenters. The Labute approximate surface area is 94.6 Å². The lowest BCUT2D eigenvalue weighted by molar-refractivity contribution is 0.154. The summed E-state index contributed by atoms with van der Waals surface area (Å²) in [5, 5.41) is 19.3. The second-order valence-electron chi connectivity index (χ2n) is 4.79. The van der Waals surface area contributed by atoms with Crippen LogP contribution in [0, 0.1) is 5.92 Å². The molecule has 0 saturated heterocycles. The van der Waals surface area contributed by atoms with Gasteiger partial charge in [-0.25, -0.2) is 5.10 Å². The number of nitrogens with zero attached hydrogens (tertiary/aromatic N) is 2. The summed E-state index contributed by atoms with van der Waals surface area (Å²) in [4.78, 5) is 4.01. The molecule has 6 nitrogen and oxygen atoms in total. The molecule has 5 N–H and O–H groups in total. The summed E-state index contributed by atoms with van der Waals surface area (Å²) in [5.74, 6) is 1.50. The van der Waals surface area contributed by atoms with E-state index in [-0.39, 0.29) is 12.1 Å². The van der Waals surface area contributed by atoms with Crippen LogP contribution >= 0.6 is 0 Å². The van der Waals surface area contributed by atoms with Crippen molar-refractivity contribution < 1.29 is 5.11 Å². The zero-order valence-electron chi connectivity index (χ0n) is 9.53. The largest absolute Gasteiger partial charge is 0.394 e. The Balaban J connectivity index is 2.04. The molecular weight excluding hydrogens is 206 g/mol. The summed E-state index contributed by atoms with van der Waals surface area (Å²) in [6.45, 7) is 2.35. The molecule has 0 aliphatic heterocycles. The van der Waals surface area contributed by atoms with Crippen molar-refractivity contribution in [3.8, 4) is 0 Å². The van der Waals surface area contributed by atoms with Gasteiger partial charge in [-0.15, -0.1) is 5.10 Å². The van der Waals surface area contributed by atoms with Crippen LogP contribution in [0.25, 0.3) is 0 Å². The van der Waals surface area contributed by atoms with Crippen molar-refractivity contribution in [2.24, 2.45) is 5.92 Å². The minimum absolute atomic E-state index is 0.105. The Kier molecular flexibility index (Phi) is 3.00. The quantitative estimate of drug-likeness (QED) is 0.608. The average Bonchev–Trinajstić information content (AvgIpc) is 2.68. The van der Waals surface area contributed by atoms with E-state index in [1.165, 1.54) is 0 Å². The highest BCUT2D eigenvalue weighted by molar-refractivity contribution is 5.33. The first-order chi connectivity index (χ1) is 7.63. The number of H-pyrrole nitrogens is 1. The van der Waals surface area contributed by atoms with Crippen LogP contribution < -0.4 is 11.1 Å². The van der Waals surface area contributed by atoms with Crippen molar-refractivity contribution in [1.29, 1.82) is 0 Å². The molecule has 1 saturated carbocycles. The predicted molar refractivity (Wildman–Crippen MR) is 61.9 cm³/mol. The van der Waals surface area contributed by atoms with Gasteiger partial charge in [0.25, 0.3) is 0 Å². The second kappa shape index (κ2) is 4.29. The van der Waals surface area contributed by atoms with Crippen LogP contribution in [0.1, 0.15) is 32.6 Å². The summed E-state index contributed by atoms with van der Waals surface area (Å²) in [6.07, 6.45) is 4.12. The number of aromatic nitrogens is 3. The Hall–Kier alpha value is -1.30. The van der Waals surface area contributed by atoms with Gasteiger partial charge in [-0.05, 0) is 31.6 Å². The molecule has 0 aromatic carbocycles. The zero-order chi connectivity index (χ0) is 11.6. The summed E-state index contributed by atoms with van der Waals surface area (Å²) < 4.78 is 0. The molecule has 6 heteroatoms. The molecule has 0 radical (unpaired) electrons. The molecule has 1 fully saturated rings. The Morgan fingerprint density at radius 3 is 2.75 bits per heavy atom. The minimum atomic E-state index is -0.277. The van der Waals surface area contributed by atoms with E-state index in [2.05, 4.69) is 27.4 Å². The molecule has 0 spiro atoms. The van der Waals surface area contributed by atoms with Gasteiger partial charge in [0, 0.05) is 0 Å². The third-order valence-corrected chi connectivity index (χ3v) is 3.41. The molecule has 2 rings (SSSR count). The van der Waals surface area contributed by atoms with Gasteiger partial charge in [-0.1, -0.05) is 6.92 Å². The number of rotatable bonds is 3. The third kappa shape index (κ3) is 2.27. The SMILES string of the molecule is CC1CCC(CO)(Nc2n[nH]c(N)n2)CC1. The van der Waals surface area contributed by atoms with Gasteiger partial charge in [-0.3, -0.25) is 0 Å². The number of nitrogens with one attached hydrogen (secondary N) is 2. The topological polar surface area (TPSA) is 99.8 Å². The first-order valence-corrected chi connectivity index (χ1v) is 5.70. The fourth-order valence-corrected chi connectivity index (χ4v) is 2.20. The van der Waals surface area contributed by atoms with E-state index in [1.807, 2.05) is 0 Å². The first kappa shape index (κ1) is 11.2. The lowest BCUT2D eigenvalue weighted by Gasteiger charge is -2.38. The number of nitrogen functional groups attached to an aromatic ring is 1. The zero-order valence-corrected chi connectivity index (χ0v) is 9.53. The van der Waals surface area contributed by atoms with Crippen molar-refractivity contribution in [2.45, 2.75) is 38.1 Å². The number of aliphatic hydroxyl groups excluding tert-OH is 1. The second-order valence-corrected chi connectivity index (χ2v) is 4.79. The van der Waals surface area contributed by atoms with Gasteiger partial charge in [0.05, 0.1) is 12.1 Å². The van der Waals surface area contributed by atoms with Crippen molar-refractivity contribution in [2.75, 3.05) is 17.7 Å². The maximum atomic E-state index is 9.54. The molecule has 16 heavy (non-hydrogen) atoms. The molecule has 0 bridgehead atoms. The maximum Gasteiger partial charge on any atom is 0.244 e. The first-order valence-electron chi connectivity index (χ1n) is 5.70. The van der Waals surface area contributed by atoms with Crippen LogP contribution in [0.3, 0.4) is 0 Å². The summed E-state index contributed by atoms with van der Waals surface area (Å²) >= 11 is 0. The molecular formula is C10H19N5O.